The van der Waals surface area contributed by atoms with Gasteiger partial charge in [-0.1, -0.05) is 6.07 Å². The average Bonchev–Trinajstić information content (AvgIpc) is 2.77. The molecule has 94 valence electrons. The highest BCUT2D eigenvalue weighted by Gasteiger charge is 2.08. The number of oxazole rings is 1. The third kappa shape index (κ3) is 3.33. The van der Waals surface area contributed by atoms with E-state index in [0.29, 0.717) is 22.9 Å². The Labute approximate surface area is 107 Å². The van der Waals surface area contributed by atoms with Crippen molar-refractivity contribution in [2.45, 2.75) is 5.75 Å². The number of carboxylic acids is 1. The Kier molecular flexibility index (Phi) is 3.99. The molecule has 1 aromatic carbocycles. The molecule has 4 nitrogen and oxygen atoms in total. The highest BCUT2D eigenvalue weighted by molar-refractivity contribution is 7.99. The Morgan fingerprint density at radius 2 is 2.33 bits per heavy atom. The number of hydrogen-bond donors (Lipinski definition) is 1. The van der Waals surface area contributed by atoms with Gasteiger partial charge in [0.25, 0.3) is 0 Å². The zero-order valence-electron chi connectivity index (χ0n) is 9.30. The molecule has 0 aliphatic heterocycles. The maximum atomic E-state index is 13.0. The lowest BCUT2D eigenvalue weighted by Crippen LogP contribution is -1.98. The number of nitrogens with zero attached hydrogens (tertiary/aromatic N) is 1. The highest BCUT2D eigenvalue weighted by atomic mass is 32.2. The van der Waals surface area contributed by atoms with Gasteiger partial charge in [-0.05, 0) is 18.2 Å². The number of halogens is 1. The summed E-state index contributed by atoms with van der Waals surface area (Å²) in [7, 11) is 0. The van der Waals surface area contributed by atoms with Gasteiger partial charge in [0.2, 0.25) is 5.89 Å². The van der Waals surface area contributed by atoms with E-state index in [1.165, 1.54) is 30.2 Å². The Bertz CT molecular complexity index is 556. The zero-order valence-corrected chi connectivity index (χ0v) is 10.1. The van der Waals surface area contributed by atoms with Crippen LogP contribution in [0, 0.1) is 5.82 Å². The lowest BCUT2D eigenvalue weighted by Gasteiger charge is -1.95. The molecule has 18 heavy (non-hydrogen) atoms. The second-order valence-electron chi connectivity index (χ2n) is 3.54. The minimum Gasteiger partial charge on any atom is -0.481 e. The van der Waals surface area contributed by atoms with E-state index >= 15 is 0 Å². The van der Waals surface area contributed by atoms with Crippen molar-refractivity contribution in [3.8, 4) is 11.5 Å². The van der Waals surface area contributed by atoms with Gasteiger partial charge in [0.05, 0.1) is 11.4 Å². The normalized spacial score (nSPS) is 10.5. The first-order valence-corrected chi connectivity index (χ1v) is 6.30. The molecule has 1 N–H and O–H groups in total. The fraction of sp³-hybridized carbons (Fsp3) is 0.167. The zero-order chi connectivity index (χ0) is 13.0. The van der Waals surface area contributed by atoms with E-state index in [4.69, 9.17) is 9.52 Å². The van der Waals surface area contributed by atoms with E-state index in [2.05, 4.69) is 4.98 Å². The summed E-state index contributed by atoms with van der Waals surface area (Å²) in [6.07, 6.45) is 1.45. The SMILES string of the molecule is O=C(O)CSCc1coc(-c2cccc(F)c2)n1. The van der Waals surface area contributed by atoms with Gasteiger partial charge >= 0.3 is 5.97 Å². The van der Waals surface area contributed by atoms with Gasteiger partial charge in [-0.3, -0.25) is 4.79 Å². The Balaban J connectivity index is 2.04. The first-order chi connectivity index (χ1) is 8.65. The van der Waals surface area contributed by atoms with Gasteiger partial charge in [0.15, 0.2) is 0 Å². The van der Waals surface area contributed by atoms with Crippen LogP contribution in [0.25, 0.3) is 11.5 Å². The largest absolute Gasteiger partial charge is 0.481 e. The first kappa shape index (κ1) is 12.6. The molecular weight excluding hydrogens is 257 g/mol. The number of aliphatic carboxylic acids is 1. The molecule has 2 rings (SSSR count). The molecule has 0 saturated heterocycles. The van der Waals surface area contributed by atoms with Crippen LogP contribution in [-0.4, -0.2) is 21.8 Å². The van der Waals surface area contributed by atoms with Crippen LogP contribution in [-0.2, 0) is 10.5 Å². The number of carbonyl (C=O) groups is 1. The molecule has 0 aliphatic rings. The van der Waals surface area contributed by atoms with Crippen molar-refractivity contribution in [2.75, 3.05) is 5.75 Å². The van der Waals surface area contributed by atoms with Crippen molar-refractivity contribution >= 4 is 17.7 Å². The fourth-order valence-corrected chi connectivity index (χ4v) is 1.99. The number of thioether (sulfide) groups is 1. The molecule has 0 atom stereocenters. The summed E-state index contributed by atoms with van der Waals surface area (Å²) in [4.78, 5) is 14.5. The molecule has 2 aromatic rings. The molecule has 6 heteroatoms. The second kappa shape index (κ2) is 5.68. The van der Waals surface area contributed by atoms with E-state index in [-0.39, 0.29) is 11.6 Å². The Morgan fingerprint density at radius 1 is 1.50 bits per heavy atom. The quantitative estimate of drug-likeness (QED) is 0.902. The molecule has 0 spiro atoms. The van der Waals surface area contributed by atoms with Crippen molar-refractivity contribution < 1.29 is 18.7 Å². The first-order valence-electron chi connectivity index (χ1n) is 5.15. The van der Waals surface area contributed by atoms with Crippen LogP contribution >= 0.6 is 11.8 Å². The standard InChI is InChI=1S/C12H10FNO3S/c13-9-3-1-2-8(4-9)12-14-10(5-17-12)6-18-7-11(15)16/h1-5H,6-7H2,(H,15,16). The molecule has 0 saturated carbocycles. The molecule has 0 unspecified atom stereocenters. The van der Waals surface area contributed by atoms with Crippen LogP contribution in [0.4, 0.5) is 4.39 Å². The molecule has 0 aliphatic carbocycles. The summed E-state index contributed by atoms with van der Waals surface area (Å²) < 4.78 is 18.2. The number of rotatable bonds is 5. The molecule has 0 amide bonds. The van der Waals surface area contributed by atoms with Crippen LogP contribution in [0.1, 0.15) is 5.69 Å². The molecule has 0 fully saturated rings. The maximum absolute atomic E-state index is 13.0. The van der Waals surface area contributed by atoms with Gasteiger partial charge in [-0.2, -0.15) is 0 Å². The van der Waals surface area contributed by atoms with Crippen LogP contribution in [0.15, 0.2) is 34.9 Å². The van der Waals surface area contributed by atoms with Gasteiger partial charge < -0.3 is 9.52 Å². The number of aromatic nitrogens is 1. The molecule has 0 radical (unpaired) electrons. The second-order valence-corrected chi connectivity index (χ2v) is 4.53. The van der Waals surface area contributed by atoms with Crippen LogP contribution in [0.3, 0.4) is 0 Å². The van der Waals surface area contributed by atoms with E-state index in [1.807, 2.05) is 0 Å². The summed E-state index contributed by atoms with van der Waals surface area (Å²) in [6, 6.07) is 5.95. The smallest absolute Gasteiger partial charge is 0.313 e. The van der Waals surface area contributed by atoms with Crippen molar-refractivity contribution in [1.29, 1.82) is 0 Å². The van der Waals surface area contributed by atoms with Crippen molar-refractivity contribution in [1.82, 2.24) is 4.98 Å². The van der Waals surface area contributed by atoms with E-state index in [1.54, 1.807) is 12.1 Å². The topological polar surface area (TPSA) is 63.3 Å². The van der Waals surface area contributed by atoms with Gasteiger partial charge in [0.1, 0.15) is 12.1 Å². The highest BCUT2D eigenvalue weighted by Crippen LogP contribution is 2.21. The molecule has 1 aromatic heterocycles. The van der Waals surface area contributed by atoms with E-state index in [9.17, 15) is 9.18 Å². The van der Waals surface area contributed by atoms with Crippen LogP contribution in [0.5, 0.6) is 0 Å². The summed E-state index contributed by atoms with van der Waals surface area (Å²) >= 11 is 1.23. The summed E-state index contributed by atoms with van der Waals surface area (Å²) in [5, 5.41) is 8.50. The molecule has 1 heterocycles. The minimum atomic E-state index is -0.867. The Morgan fingerprint density at radius 3 is 3.06 bits per heavy atom. The number of carboxylic acid groups (broad SMARTS) is 1. The lowest BCUT2D eigenvalue weighted by atomic mass is 10.2. The summed E-state index contributed by atoms with van der Waals surface area (Å²) in [5.74, 6) is -0.422. The molecule has 0 bridgehead atoms. The predicted molar refractivity (Wildman–Crippen MR) is 65.7 cm³/mol. The number of benzene rings is 1. The van der Waals surface area contributed by atoms with Crippen molar-refractivity contribution in [3.63, 3.8) is 0 Å². The van der Waals surface area contributed by atoms with Gasteiger partial charge in [-0.25, -0.2) is 9.37 Å². The Hall–Kier alpha value is -1.82. The van der Waals surface area contributed by atoms with E-state index < -0.39 is 5.97 Å². The van der Waals surface area contributed by atoms with Gasteiger partial charge in [0, 0.05) is 11.3 Å². The fourth-order valence-electron chi connectivity index (χ4n) is 1.37. The maximum Gasteiger partial charge on any atom is 0.313 e. The monoisotopic (exact) mass is 267 g/mol. The summed E-state index contributed by atoms with van der Waals surface area (Å²) in [5.41, 5.74) is 1.20. The lowest BCUT2D eigenvalue weighted by molar-refractivity contribution is -0.133. The van der Waals surface area contributed by atoms with Gasteiger partial charge in [-0.15, -0.1) is 11.8 Å². The van der Waals surface area contributed by atoms with E-state index in [0.717, 1.165) is 0 Å². The van der Waals surface area contributed by atoms with Crippen molar-refractivity contribution in [3.05, 3.63) is 42.0 Å². The summed E-state index contributed by atoms with van der Waals surface area (Å²) in [6.45, 7) is 0. The average molecular weight is 267 g/mol. The third-order valence-corrected chi connectivity index (χ3v) is 3.05. The minimum absolute atomic E-state index is 0.0160. The molecular formula is C12H10FNO3S. The third-order valence-electron chi connectivity index (χ3n) is 2.10. The van der Waals surface area contributed by atoms with Crippen LogP contribution in [0.2, 0.25) is 0 Å². The van der Waals surface area contributed by atoms with Crippen LogP contribution < -0.4 is 0 Å². The number of hydrogen-bond acceptors (Lipinski definition) is 4. The van der Waals surface area contributed by atoms with Crippen molar-refractivity contribution in [2.24, 2.45) is 0 Å². The predicted octanol–water partition coefficient (Wildman–Crippen LogP) is 2.80.